The van der Waals surface area contributed by atoms with Gasteiger partial charge < -0.3 is 15.5 Å². The maximum absolute atomic E-state index is 12.2. The predicted octanol–water partition coefficient (Wildman–Crippen LogP) is 2.78. The van der Waals surface area contributed by atoms with Gasteiger partial charge in [-0.2, -0.15) is 0 Å². The summed E-state index contributed by atoms with van der Waals surface area (Å²) in [6.07, 6.45) is 1.55. The first-order chi connectivity index (χ1) is 8.86. The molecule has 19 heavy (non-hydrogen) atoms. The average molecular weight is 282 g/mol. The predicted molar refractivity (Wildman–Crippen MR) is 79.9 cm³/mol. The topological polar surface area (TPSA) is 68.3 Å². The van der Waals surface area contributed by atoms with Crippen molar-refractivity contribution in [2.75, 3.05) is 0 Å². The standard InChI is InChI=1S/C14H22N2O2S/c1-5-6-11(13(15)19)14(17)16-9(3)12-7-8(2)18-10(12)4/h7,9,11H,5-6H2,1-4H3,(H2,15,19)(H,16,17). The fourth-order valence-electron chi connectivity index (χ4n) is 2.16. The van der Waals surface area contributed by atoms with Crippen LogP contribution in [-0.4, -0.2) is 10.9 Å². The summed E-state index contributed by atoms with van der Waals surface area (Å²) in [6, 6.07) is 1.83. The average Bonchev–Trinajstić information content (AvgIpc) is 2.64. The molecule has 0 aromatic carbocycles. The van der Waals surface area contributed by atoms with E-state index in [2.05, 4.69) is 5.32 Å². The number of furan rings is 1. The van der Waals surface area contributed by atoms with Gasteiger partial charge in [0.05, 0.1) is 16.9 Å². The summed E-state index contributed by atoms with van der Waals surface area (Å²) in [5, 5.41) is 2.95. The highest BCUT2D eigenvalue weighted by Crippen LogP contribution is 2.21. The van der Waals surface area contributed by atoms with Crippen LogP contribution in [-0.2, 0) is 4.79 Å². The summed E-state index contributed by atoms with van der Waals surface area (Å²) in [7, 11) is 0. The molecule has 1 rings (SSSR count). The maximum atomic E-state index is 12.2. The second-order valence-corrected chi connectivity index (χ2v) is 5.31. The maximum Gasteiger partial charge on any atom is 0.230 e. The van der Waals surface area contributed by atoms with Gasteiger partial charge in [0.15, 0.2) is 0 Å². The Kier molecular flexibility index (Phi) is 5.54. The highest BCUT2D eigenvalue weighted by molar-refractivity contribution is 7.80. The van der Waals surface area contributed by atoms with Gasteiger partial charge in [-0.25, -0.2) is 0 Å². The van der Waals surface area contributed by atoms with Crippen molar-refractivity contribution in [3.05, 3.63) is 23.2 Å². The summed E-state index contributed by atoms with van der Waals surface area (Å²) >= 11 is 4.96. The Hall–Kier alpha value is -1.36. The van der Waals surface area contributed by atoms with Crippen molar-refractivity contribution in [1.82, 2.24) is 5.32 Å². The van der Waals surface area contributed by atoms with Crippen LogP contribution in [0.15, 0.2) is 10.5 Å². The van der Waals surface area contributed by atoms with E-state index in [1.54, 1.807) is 0 Å². The van der Waals surface area contributed by atoms with Gasteiger partial charge in [0.25, 0.3) is 0 Å². The molecule has 3 N–H and O–H groups in total. The molecule has 1 aromatic heterocycles. The molecule has 0 aliphatic rings. The minimum Gasteiger partial charge on any atom is -0.466 e. The first-order valence-corrected chi connectivity index (χ1v) is 6.94. The van der Waals surface area contributed by atoms with Gasteiger partial charge in [-0.05, 0) is 33.3 Å². The van der Waals surface area contributed by atoms with E-state index in [1.165, 1.54) is 0 Å². The summed E-state index contributed by atoms with van der Waals surface area (Å²) in [4.78, 5) is 12.4. The lowest BCUT2D eigenvalue weighted by Crippen LogP contribution is -2.39. The zero-order valence-electron chi connectivity index (χ0n) is 11.9. The smallest absolute Gasteiger partial charge is 0.230 e. The largest absolute Gasteiger partial charge is 0.466 e. The molecule has 4 nitrogen and oxygen atoms in total. The Morgan fingerprint density at radius 2 is 2.16 bits per heavy atom. The van der Waals surface area contributed by atoms with Crippen LogP contribution in [0.3, 0.4) is 0 Å². The number of hydrogen-bond acceptors (Lipinski definition) is 3. The number of carbonyl (C=O) groups is 1. The van der Waals surface area contributed by atoms with Gasteiger partial charge in [0.1, 0.15) is 11.5 Å². The zero-order valence-corrected chi connectivity index (χ0v) is 12.8. The summed E-state index contributed by atoms with van der Waals surface area (Å²) in [5.74, 6) is 1.16. The van der Waals surface area contributed by atoms with Gasteiger partial charge in [-0.3, -0.25) is 4.79 Å². The molecule has 0 aliphatic heterocycles. The van der Waals surface area contributed by atoms with Crippen molar-refractivity contribution in [1.29, 1.82) is 0 Å². The zero-order chi connectivity index (χ0) is 14.6. The lowest BCUT2D eigenvalue weighted by Gasteiger charge is -2.18. The van der Waals surface area contributed by atoms with Crippen LogP contribution in [0.5, 0.6) is 0 Å². The van der Waals surface area contributed by atoms with E-state index in [1.807, 2.05) is 33.8 Å². The molecule has 1 amide bonds. The number of thiocarbonyl (C=S) groups is 1. The van der Waals surface area contributed by atoms with Crippen LogP contribution in [0, 0.1) is 19.8 Å². The van der Waals surface area contributed by atoms with Gasteiger partial charge >= 0.3 is 0 Å². The van der Waals surface area contributed by atoms with Crippen LogP contribution in [0.1, 0.15) is 49.8 Å². The third kappa shape index (κ3) is 4.06. The van der Waals surface area contributed by atoms with Crippen LogP contribution in [0.25, 0.3) is 0 Å². The van der Waals surface area contributed by atoms with Crippen molar-refractivity contribution in [2.24, 2.45) is 11.7 Å². The lowest BCUT2D eigenvalue weighted by atomic mass is 10.0. The van der Waals surface area contributed by atoms with Crippen molar-refractivity contribution < 1.29 is 9.21 Å². The van der Waals surface area contributed by atoms with E-state index in [4.69, 9.17) is 22.4 Å². The number of hydrogen-bond donors (Lipinski definition) is 2. The molecule has 0 saturated carbocycles. The van der Waals surface area contributed by atoms with E-state index in [0.29, 0.717) is 6.42 Å². The van der Waals surface area contributed by atoms with E-state index in [-0.39, 0.29) is 16.9 Å². The number of nitrogens with one attached hydrogen (secondary N) is 1. The van der Waals surface area contributed by atoms with Crippen LogP contribution < -0.4 is 11.1 Å². The number of amides is 1. The minimum absolute atomic E-state index is 0.111. The molecule has 0 bridgehead atoms. The Labute approximate surface area is 119 Å². The monoisotopic (exact) mass is 282 g/mol. The molecule has 0 aliphatic carbocycles. The molecule has 2 unspecified atom stereocenters. The normalized spacial score (nSPS) is 13.9. The fourth-order valence-corrected chi connectivity index (χ4v) is 2.39. The van der Waals surface area contributed by atoms with Gasteiger partial charge in [0.2, 0.25) is 5.91 Å². The quantitative estimate of drug-likeness (QED) is 0.787. The molecule has 0 spiro atoms. The number of carbonyl (C=O) groups excluding carboxylic acids is 1. The highest BCUT2D eigenvalue weighted by Gasteiger charge is 2.23. The van der Waals surface area contributed by atoms with Crippen LogP contribution in [0.4, 0.5) is 0 Å². The van der Waals surface area contributed by atoms with Crippen LogP contribution in [0.2, 0.25) is 0 Å². The molecule has 0 fully saturated rings. The summed E-state index contributed by atoms with van der Waals surface area (Å²) < 4.78 is 5.47. The molecular weight excluding hydrogens is 260 g/mol. The first-order valence-electron chi connectivity index (χ1n) is 6.53. The second-order valence-electron chi connectivity index (χ2n) is 4.84. The van der Waals surface area contributed by atoms with Gasteiger partial charge in [0, 0.05) is 5.56 Å². The Bertz CT molecular complexity index is 468. The first kappa shape index (κ1) is 15.7. The molecule has 1 heterocycles. The molecule has 2 atom stereocenters. The van der Waals surface area contributed by atoms with Crippen molar-refractivity contribution in [2.45, 2.75) is 46.6 Å². The Morgan fingerprint density at radius 1 is 1.53 bits per heavy atom. The Morgan fingerprint density at radius 3 is 2.58 bits per heavy atom. The van der Waals surface area contributed by atoms with E-state index in [0.717, 1.165) is 23.5 Å². The van der Waals surface area contributed by atoms with E-state index >= 15 is 0 Å². The highest BCUT2D eigenvalue weighted by atomic mass is 32.1. The van der Waals surface area contributed by atoms with Crippen molar-refractivity contribution in [3.8, 4) is 0 Å². The fraction of sp³-hybridized carbons (Fsp3) is 0.571. The number of nitrogens with two attached hydrogens (primary N) is 1. The number of rotatable bonds is 6. The SMILES string of the molecule is CCCC(C(=O)NC(C)c1cc(C)oc1C)C(N)=S. The third-order valence-electron chi connectivity index (χ3n) is 3.14. The van der Waals surface area contributed by atoms with Crippen LogP contribution >= 0.6 is 12.2 Å². The second kappa shape index (κ2) is 6.70. The van der Waals surface area contributed by atoms with Gasteiger partial charge in [-0.1, -0.05) is 25.6 Å². The molecular formula is C14H22N2O2S. The number of aryl methyl sites for hydroxylation is 2. The summed E-state index contributed by atoms with van der Waals surface area (Å²) in [6.45, 7) is 7.71. The van der Waals surface area contributed by atoms with Gasteiger partial charge in [-0.15, -0.1) is 0 Å². The van der Waals surface area contributed by atoms with Crippen molar-refractivity contribution in [3.63, 3.8) is 0 Å². The lowest BCUT2D eigenvalue weighted by molar-refractivity contribution is -0.123. The molecule has 106 valence electrons. The molecule has 5 heteroatoms. The molecule has 1 aromatic rings. The molecule has 0 saturated heterocycles. The van der Waals surface area contributed by atoms with E-state index < -0.39 is 5.92 Å². The van der Waals surface area contributed by atoms with E-state index in [9.17, 15) is 4.79 Å². The molecule has 0 radical (unpaired) electrons. The summed E-state index contributed by atoms with van der Waals surface area (Å²) in [5.41, 5.74) is 6.61. The Balaban J connectivity index is 2.75. The minimum atomic E-state index is -0.393. The third-order valence-corrected chi connectivity index (χ3v) is 3.43. The van der Waals surface area contributed by atoms with Crippen molar-refractivity contribution >= 4 is 23.1 Å².